The number of benzene rings is 2. The van der Waals surface area contributed by atoms with Crippen LogP contribution in [0.4, 0.5) is 5.69 Å². The molecule has 2 rings (SSSR count). The van der Waals surface area contributed by atoms with Gasteiger partial charge in [-0.25, -0.2) is 8.42 Å². The number of hydrogen-bond acceptors (Lipinski definition) is 4. The minimum Gasteiger partial charge on any atom is -0.357 e. The second-order valence-electron chi connectivity index (χ2n) is 8.17. The molecule has 2 aromatic carbocycles. The smallest absolute Gasteiger partial charge is 0.242 e. The van der Waals surface area contributed by atoms with E-state index in [4.69, 9.17) is 11.6 Å². The number of carbonyl (C=O) groups excluding carboxylic acids is 2. The number of nitrogens with one attached hydrogen (secondary N) is 1. The molecular weight excluding hydrogens is 462 g/mol. The number of hydrogen-bond donors (Lipinski definition) is 1. The Hall–Kier alpha value is -2.58. The van der Waals surface area contributed by atoms with Gasteiger partial charge in [-0.3, -0.25) is 13.9 Å². The van der Waals surface area contributed by atoms with Gasteiger partial charge < -0.3 is 10.2 Å². The van der Waals surface area contributed by atoms with Gasteiger partial charge in [0.25, 0.3) is 0 Å². The van der Waals surface area contributed by atoms with E-state index in [0.717, 1.165) is 22.9 Å². The second kappa shape index (κ2) is 11.5. The number of rotatable bonds is 10. The lowest BCUT2D eigenvalue weighted by atomic mass is 10.1. The van der Waals surface area contributed by atoms with Crippen LogP contribution in [-0.2, 0) is 26.2 Å². The van der Waals surface area contributed by atoms with Crippen LogP contribution in [0.15, 0.2) is 42.5 Å². The fourth-order valence-electron chi connectivity index (χ4n) is 3.52. The maximum Gasteiger partial charge on any atom is 0.242 e. The van der Waals surface area contributed by atoms with E-state index in [2.05, 4.69) is 5.32 Å². The third kappa shape index (κ3) is 7.47. The van der Waals surface area contributed by atoms with Crippen molar-refractivity contribution in [3.05, 3.63) is 64.2 Å². The SMILES string of the molecule is CNC(=O)[C@H](C)N(Cc1ccc(C)cc1)C(=O)CCCN(c1cc(Cl)ccc1C)S(C)(=O)=O. The van der Waals surface area contributed by atoms with Gasteiger partial charge in [0.15, 0.2) is 0 Å². The Morgan fingerprint density at radius 2 is 1.73 bits per heavy atom. The average Bonchev–Trinajstić information content (AvgIpc) is 2.76. The number of aryl methyl sites for hydroxylation is 2. The zero-order valence-electron chi connectivity index (χ0n) is 19.8. The quantitative estimate of drug-likeness (QED) is 0.547. The fraction of sp³-hybridized carbons (Fsp3) is 0.417. The van der Waals surface area contributed by atoms with Crippen LogP contribution in [0.2, 0.25) is 5.02 Å². The van der Waals surface area contributed by atoms with Gasteiger partial charge in [0.1, 0.15) is 6.04 Å². The van der Waals surface area contributed by atoms with Crippen molar-refractivity contribution in [2.24, 2.45) is 0 Å². The maximum absolute atomic E-state index is 13.1. The van der Waals surface area contributed by atoms with Crippen LogP contribution >= 0.6 is 11.6 Å². The highest BCUT2D eigenvalue weighted by Crippen LogP contribution is 2.27. The molecule has 9 heteroatoms. The maximum atomic E-state index is 13.1. The molecule has 0 aromatic heterocycles. The lowest BCUT2D eigenvalue weighted by molar-refractivity contribution is -0.140. The highest BCUT2D eigenvalue weighted by atomic mass is 35.5. The molecular formula is C24H32ClN3O4S. The van der Waals surface area contributed by atoms with E-state index in [1.807, 2.05) is 38.1 Å². The zero-order chi connectivity index (χ0) is 24.8. The predicted octanol–water partition coefficient (Wildman–Crippen LogP) is 3.67. The van der Waals surface area contributed by atoms with Gasteiger partial charge >= 0.3 is 0 Å². The zero-order valence-corrected chi connectivity index (χ0v) is 21.3. The summed E-state index contributed by atoms with van der Waals surface area (Å²) < 4.78 is 26.2. The molecule has 0 spiro atoms. The van der Waals surface area contributed by atoms with E-state index in [9.17, 15) is 18.0 Å². The molecule has 0 unspecified atom stereocenters. The average molecular weight is 494 g/mol. The van der Waals surface area contributed by atoms with Crippen LogP contribution in [0, 0.1) is 13.8 Å². The van der Waals surface area contributed by atoms with Gasteiger partial charge in [-0.1, -0.05) is 47.5 Å². The number of sulfonamides is 1. The van der Waals surface area contributed by atoms with Crippen molar-refractivity contribution in [3.63, 3.8) is 0 Å². The van der Waals surface area contributed by atoms with E-state index in [0.29, 0.717) is 17.1 Å². The summed E-state index contributed by atoms with van der Waals surface area (Å²) in [5.41, 5.74) is 3.28. The van der Waals surface area contributed by atoms with E-state index in [1.165, 1.54) is 16.3 Å². The Morgan fingerprint density at radius 1 is 1.09 bits per heavy atom. The first-order valence-electron chi connectivity index (χ1n) is 10.7. The fourth-order valence-corrected chi connectivity index (χ4v) is 4.70. The molecule has 2 aromatic rings. The first-order chi connectivity index (χ1) is 15.4. The molecule has 1 N–H and O–H groups in total. The first kappa shape index (κ1) is 26.7. The van der Waals surface area contributed by atoms with Gasteiger partial charge in [-0.2, -0.15) is 0 Å². The highest BCUT2D eigenvalue weighted by Gasteiger charge is 2.26. The minimum absolute atomic E-state index is 0.0961. The number of likely N-dealkylation sites (N-methyl/N-ethyl adjacent to an activating group) is 1. The Balaban J connectivity index is 2.17. The predicted molar refractivity (Wildman–Crippen MR) is 133 cm³/mol. The van der Waals surface area contributed by atoms with Gasteiger partial charge in [0, 0.05) is 31.6 Å². The van der Waals surface area contributed by atoms with Crippen molar-refractivity contribution in [1.29, 1.82) is 0 Å². The van der Waals surface area contributed by atoms with Crippen molar-refractivity contribution in [2.45, 2.75) is 46.2 Å². The van der Waals surface area contributed by atoms with E-state index < -0.39 is 16.1 Å². The molecule has 7 nitrogen and oxygen atoms in total. The molecule has 33 heavy (non-hydrogen) atoms. The standard InChI is InChI=1S/C24H32ClN3O4S/c1-17-8-11-20(12-9-17)16-27(19(3)24(30)26-4)23(29)7-6-14-28(33(5,31)32)22-15-21(25)13-10-18(22)2/h8-13,15,19H,6-7,14,16H2,1-5H3,(H,26,30)/t19-/m0/s1. The topological polar surface area (TPSA) is 86.8 Å². The van der Waals surface area contributed by atoms with Crippen molar-refractivity contribution in [1.82, 2.24) is 10.2 Å². The number of anilines is 1. The number of halogens is 1. The summed E-state index contributed by atoms with van der Waals surface area (Å²) in [5, 5.41) is 3.02. The van der Waals surface area contributed by atoms with Gasteiger partial charge in [-0.15, -0.1) is 0 Å². The highest BCUT2D eigenvalue weighted by molar-refractivity contribution is 7.92. The van der Waals surface area contributed by atoms with Gasteiger partial charge in [-0.05, 0) is 50.5 Å². The molecule has 2 amide bonds. The van der Waals surface area contributed by atoms with Crippen LogP contribution in [0.25, 0.3) is 0 Å². The Morgan fingerprint density at radius 3 is 2.30 bits per heavy atom. The largest absolute Gasteiger partial charge is 0.357 e. The normalized spacial score (nSPS) is 12.2. The summed E-state index contributed by atoms with van der Waals surface area (Å²) in [7, 11) is -2.04. The summed E-state index contributed by atoms with van der Waals surface area (Å²) >= 11 is 6.08. The minimum atomic E-state index is -3.58. The van der Waals surface area contributed by atoms with E-state index in [-0.39, 0.29) is 31.3 Å². The molecule has 0 saturated carbocycles. The van der Waals surface area contributed by atoms with E-state index in [1.54, 1.807) is 25.1 Å². The molecule has 0 aliphatic heterocycles. The molecule has 0 aliphatic rings. The monoisotopic (exact) mass is 493 g/mol. The van der Waals surface area contributed by atoms with Crippen molar-refractivity contribution >= 4 is 39.1 Å². The van der Waals surface area contributed by atoms with Crippen LogP contribution in [0.1, 0.15) is 36.5 Å². The summed E-state index contributed by atoms with van der Waals surface area (Å²) in [6.07, 6.45) is 1.52. The molecule has 0 aliphatic carbocycles. The molecule has 0 heterocycles. The molecule has 0 bridgehead atoms. The van der Waals surface area contributed by atoms with Crippen LogP contribution in [0.3, 0.4) is 0 Å². The summed E-state index contributed by atoms with van der Waals surface area (Å²) in [4.78, 5) is 26.9. The lowest BCUT2D eigenvalue weighted by Crippen LogP contribution is -2.46. The molecule has 180 valence electrons. The Bertz CT molecular complexity index is 1090. The van der Waals surface area contributed by atoms with Crippen molar-refractivity contribution in [2.75, 3.05) is 24.2 Å². The van der Waals surface area contributed by atoms with Crippen LogP contribution in [0.5, 0.6) is 0 Å². The molecule has 0 saturated heterocycles. The number of amides is 2. The molecule has 0 fully saturated rings. The lowest BCUT2D eigenvalue weighted by Gasteiger charge is -2.29. The van der Waals surface area contributed by atoms with Crippen LogP contribution in [-0.4, -0.2) is 51.0 Å². The van der Waals surface area contributed by atoms with Crippen molar-refractivity contribution in [3.8, 4) is 0 Å². The van der Waals surface area contributed by atoms with Crippen LogP contribution < -0.4 is 9.62 Å². The molecule has 0 radical (unpaired) electrons. The van der Waals surface area contributed by atoms with Crippen molar-refractivity contribution < 1.29 is 18.0 Å². The third-order valence-corrected chi connectivity index (χ3v) is 6.89. The van der Waals surface area contributed by atoms with E-state index >= 15 is 0 Å². The summed E-state index contributed by atoms with van der Waals surface area (Å²) in [5.74, 6) is -0.481. The van der Waals surface area contributed by atoms with Gasteiger partial charge in [0.05, 0.1) is 11.9 Å². The molecule has 1 atom stereocenters. The first-order valence-corrected chi connectivity index (χ1v) is 13.0. The number of nitrogens with zero attached hydrogens (tertiary/aromatic N) is 2. The van der Waals surface area contributed by atoms with Gasteiger partial charge in [0.2, 0.25) is 21.8 Å². The summed E-state index contributed by atoms with van der Waals surface area (Å²) in [6, 6.07) is 12.2. The Labute approximate surface area is 201 Å². The Kier molecular flexibility index (Phi) is 9.31. The third-order valence-electron chi connectivity index (χ3n) is 5.48. The summed E-state index contributed by atoms with van der Waals surface area (Å²) in [6.45, 7) is 5.89. The second-order valence-corrected chi connectivity index (χ2v) is 10.5. The number of carbonyl (C=O) groups is 2.